The van der Waals surface area contributed by atoms with Crippen LogP contribution in [-0.2, 0) is 4.79 Å². The van der Waals surface area contributed by atoms with Crippen LogP contribution in [0.2, 0.25) is 0 Å². The molecule has 23 heavy (non-hydrogen) atoms. The highest BCUT2D eigenvalue weighted by Crippen LogP contribution is 2.15. The number of pyridine rings is 1. The molecule has 2 rings (SSSR count). The van der Waals surface area contributed by atoms with E-state index in [1.807, 2.05) is 13.8 Å². The molecule has 0 radical (unpaired) electrons. The van der Waals surface area contributed by atoms with Gasteiger partial charge in [-0.25, -0.2) is 9.78 Å². The SMILES string of the molecule is CC[C@H](C)[C@H](Nc1ccc(C(=O)Nc2nncs2)cn1)C(=O)O. The molecular formula is C14H17N5O3S. The molecule has 0 spiro atoms. The number of nitrogens with one attached hydrogen (secondary N) is 2. The number of aliphatic carboxylic acids is 1. The highest BCUT2D eigenvalue weighted by Gasteiger charge is 2.23. The monoisotopic (exact) mass is 335 g/mol. The predicted molar refractivity (Wildman–Crippen MR) is 86.6 cm³/mol. The van der Waals surface area contributed by atoms with Crippen molar-refractivity contribution < 1.29 is 14.7 Å². The number of aromatic nitrogens is 3. The van der Waals surface area contributed by atoms with Crippen molar-refractivity contribution in [3.8, 4) is 0 Å². The van der Waals surface area contributed by atoms with E-state index in [-0.39, 0.29) is 11.8 Å². The Hall–Kier alpha value is -2.55. The van der Waals surface area contributed by atoms with Crippen molar-refractivity contribution >= 4 is 34.2 Å². The first-order valence-electron chi connectivity index (χ1n) is 7.04. The number of carbonyl (C=O) groups excluding carboxylic acids is 1. The van der Waals surface area contributed by atoms with Crippen LogP contribution in [-0.4, -0.2) is 38.2 Å². The molecule has 2 aromatic heterocycles. The molecule has 0 aliphatic rings. The Kier molecular flexibility index (Phi) is 5.58. The van der Waals surface area contributed by atoms with Crippen LogP contribution in [0.4, 0.5) is 10.9 Å². The van der Waals surface area contributed by atoms with Crippen LogP contribution in [0, 0.1) is 5.92 Å². The lowest BCUT2D eigenvalue weighted by atomic mass is 9.99. The van der Waals surface area contributed by atoms with E-state index in [4.69, 9.17) is 0 Å². The van der Waals surface area contributed by atoms with Gasteiger partial charge in [0.2, 0.25) is 5.13 Å². The largest absolute Gasteiger partial charge is 0.480 e. The lowest BCUT2D eigenvalue weighted by molar-refractivity contribution is -0.139. The molecule has 2 aromatic rings. The molecule has 3 N–H and O–H groups in total. The average molecular weight is 335 g/mol. The minimum absolute atomic E-state index is 0.0466. The number of amides is 1. The Morgan fingerprint density at radius 1 is 1.39 bits per heavy atom. The van der Waals surface area contributed by atoms with E-state index in [1.165, 1.54) is 23.0 Å². The quantitative estimate of drug-likeness (QED) is 0.709. The average Bonchev–Trinajstić information content (AvgIpc) is 3.05. The van der Waals surface area contributed by atoms with Gasteiger partial charge in [0.1, 0.15) is 17.4 Å². The van der Waals surface area contributed by atoms with Crippen molar-refractivity contribution in [3.63, 3.8) is 0 Å². The topological polar surface area (TPSA) is 117 Å². The summed E-state index contributed by atoms with van der Waals surface area (Å²) < 4.78 is 0. The molecule has 2 atom stereocenters. The first kappa shape index (κ1) is 16.8. The summed E-state index contributed by atoms with van der Waals surface area (Å²) in [4.78, 5) is 27.4. The molecule has 122 valence electrons. The van der Waals surface area contributed by atoms with Gasteiger partial charge in [-0.15, -0.1) is 10.2 Å². The van der Waals surface area contributed by atoms with Crippen molar-refractivity contribution in [2.24, 2.45) is 5.92 Å². The van der Waals surface area contributed by atoms with Crippen molar-refractivity contribution in [1.82, 2.24) is 15.2 Å². The highest BCUT2D eigenvalue weighted by molar-refractivity contribution is 7.13. The Balaban J connectivity index is 2.03. The molecule has 0 saturated carbocycles. The number of anilines is 2. The zero-order valence-electron chi connectivity index (χ0n) is 12.7. The molecule has 1 amide bonds. The number of carboxylic acid groups (broad SMARTS) is 1. The van der Waals surface area contributed by atoms with E-state index in [0.717, 1.165) is 6.42 Å². The Bertz CT molecular complexity index is 660. The van der Waals surface area contributed by atoms with E-state index in [2.05, 4.69) is 25.8 Å². The van der Waals surface area contributed by atoms with Crippen LogP contribution in [0.3, 0.4) is 0 Å². The van der Waals surface area contributed by atoms with Crippen LogP contribution in [0.5, 0.6) is 0 Å². The number of carbonyl (C=O) groups is 2. The third kappa shape index (κ3) is 4.46. The fraction of sp³-hybridized carbons (Fsp3) is 0.357. The smallest absolute Gasteiger partial charge is 0.326 e. The number of nitrogens with zero attached hydrogens (tertiary/aromatic N) is 3. The summed E-state index contributed by atoms with van der Waals surface area (Å²) in [6, 6.07) is 2.42. The van der Waals surface area contributed by atoms with E-state index < -0.39 is 12.0 Å². The van der Waals surface area contributed by atoms with E-state index >= 15 is 0 Å². The zero-order chi connectivity index (χ0) is 16.8. The van der Waals surface area contributed by atoms with Crippen LogP contribution in [0.25, 0.3) is 0 Å². The van der Waals surface area contributed by atoms with Gasteiger partial charge in [-0.3, -0.25) is 10.1 Å². The molecule has 0 aliphatic heterocycles. The van der Waals surface area contributed by atoms with Gasteiger partial charge in [-0.1, -0.05) is 31.6 Å². The molecule has 2 heterocycles. The zero-order valence-corrected chi connectivity index (χ0v) is 13.5. The second kappa shape index (κ2) is 7.63. The third-order valence-electron chi connectivity index (χ3n) is 3.39. The summed E-state index contributed by atoms with van der Waals surface area (Å²) in [5.74, 6) is -0.920. The maximum absolute atomic E-state index is 12.0. The summed E-state index contributed by atoms with van der Waals surface area (Å²) in [5, 5.41) is 22.5. The van der Waals surface area contributed by atoms with Gasteiger partial charge in [0, 0.05) is 6.20 Å². The third-order valence-corrected chi connectivity index (χ3v) is 4.00. The highest BCUT2D eigenvalue weighted by atomic mass is 32.1. The summed E-state index contributed by atoms with van der Waals surface area (Å²) in [6.45, 7) is 3.78. The van der Waals surface area contributed by atoms with Crippen LogP contribution >= 0.6 is 11.3 Å². The van der Waals surface area contributed by atoms with Crippen molar-refractivity contribution in [2.45, 2.75) is 26.3 Å². The van der Waals surface area contributed by atoms with Crippen molar-refractivity contribution in [3.05, 3.63) is 29.4 Å². The molecule has 8 nitrogen and oxygen atoms in total. The van der Waals surface area contributed by atoms with Crippen LogP contribution in [0.15, 0.2) is 23.8 Å². The van der Waals surface area contributed by atoms with E-state index in [9.17, 15) is 14.7 Å². The fourth-order valence-corrected chi connectivity index (χ4v) is 2.29. The molecule has 0 aromatic carbocycles. The number of hydrogen-bond acceptors (Lipinski definition) is 7. The second-order valence-electron chi connectivity index (χ2n) is 4.98. The normalized spacial score (nSPS) is 13.1. The standard InChI is InChI=1S/C14H17N5O3S/c1-3-8(2)11(13(21)22)17-10-5-4-9(6-15-10)12(20)18-14-19-16-7-23-14/h4-8,11H,3H2,1-2H3,(H,15,17)(H,21,22)(H,18,19,20)/t8-,11-/m0/s1. The summed E-state index contributed by atoms with van der Waals surface area (Å²) in [5.41, 5.74) is 1.86. The first-order chi connectivity index (χ1) is 11.0. The molecule has 0 fully saturated rings. The van der Waals surface area contributed by atoms with Gasteiger partial charge < -0.3 is 10.4 Å². The Morgan fingerprint density at radius 3 is 2.70 bits per heavy atom. The first-order valence-corrected chi connectivity index (χ1v) is 7.92. The van der Waals surface area contributed by atoms with Gasteiger partial charge in [0.15, 0.2) is 0 Å². The minimum Gasteiger partial charge on any atom is -0.480 e. The lowest BCUT2D eigenvalue weighted by Crippen LogP contribution is -2.35. The van der Waals surface area contributed by atoms with Gasteiger partial charge >= 0.3 is 5.97 Å². The van der Waals surface area contributed by atoms with Crippen molar-refractivity contribution in [1.29, 1.82) is 0 Å². The maximum atomic E-state index is 12.0. The van der Waals surface area contributed by atoms with Gasteiger partial charge in [-0.2, -0.15) is 0 Å². The second-order valence-corrected chi connectivity index (χ2v) is 5.81. The van der Waals surface area contributed by atoms with Crippen molar-refractivity contribution in [2.75, 3.05) is 10.6 Å². The summed E-state index contributed by atoms with van der Waals surface area (Å²) in [7, 11) is 0. The Labute approximate surface area is 137 Å². The summed E-state index contributed by atoms with van der Waals surface area (Å²) >= 11 is 1.21. The molecule has 0 saturated heterocycles. The fourth-order valence-electron chi connectivity index (χ4n) is 1.85. The van der Waals surface area contributed by atoms with Gasteiger partial charge in [0.25, 0.3) is 5.91 Å². The van der Waals surface area contributed by atoms with Gasteiger partial charge in [-0.05, 0) is 18.1 Å². The number of rotatable bonds is 7. The van der Waals surface area contributed by atoms with Gasteiger partial charge in [0.05, 0.1) is 5.56 Å². The number of hydrogen-bond donors (Lipinski definition) is 3. The summed E-state index contributed by atoms with van der Waals surface area (Å²) in [6.07, 6.45) is 2.11. The van der Waals surface area contributed by atoms with E-state index in [0.29, 0.717) is 16.5 Å². The predicted octanol–water partition coefficient (Wildman–Crippen LogP) is 2.10. The molecule has 9 heteroatoms. The van der Waals surface area contributed by atoms with E-state index in [1.54, 1.807) is 12.1 Å². The molecular weight excluding hydrogens is 318 g/mol. The minimum atomic E-state index is -0.931. The number of carboxylic acids is 1. The van der Waals surface area contributed by atoms with Crippen LogP contribution < -0.4 is 10.6 Å². The van der Waals surface area contributed by atoms with Crippen LogP contribution in [0.1, 0.15) is 30.6 Å². The lowest BCUT2D eigenvalue weighted by Gasteiger charge is -2.20. The Morgan fingerprint density at radius 2 is 2.17 bits per heavy atom. The molecule has 0 unspecified atom stereocenters. The molecule has 0 bridgehead atoms. The molecule has 0 aliphatic carbocycles. The maximum Gasteiger partial charge on any atom is 0.326 e.